The molecule has 0 aromatic heterocycles. The van der Waals surface area contributed by atoms with Crippen LogP contribution in [0.3, 0.4) is 0 Å². The van der Waals surface area contributed by atoms with E-state index in [9.17, 15) is 18.0 Å². The number of anilines is 2. The number of amides is 2. The highest BCUT2D eigenvalue weighted by Crippen LogP contribution is 2.23. The van der Waals surface area contributed by atoms with Crippen LogP contribution >= 0.6 is 15.9 Å². The molecule has 1 N–H and O–H groups in total. The first kappa shape index (κ1) is 25.9. The van der Waals surface area contributed by atoms with Crippen LogP contribution in [0.4, 0.5) is 11.4 Å². The lowest BCUT2D eigenvalue weighted by molar-refractivity contribution is -0.113. The summed E-state index contributed by atoms with van der Waals surface area (Å²) in [5, 5.41) is 4.43. The Labute approximate surface area is 230 Å². The van der Waals surface area contributed by atoms with Gasteiger partial charge in [-0.05, 0) is 65.4 Å². The maximum absolute atomic E-state index is 12.8. The van der Waals surface area contributed by atoms with Crippen molar-refractivity contribution in [2.24, 2.45) is 0 Å². The van der Waals surface area contributed by atoms with Crippen LogP contribution in [0.15, 0.2) is 100 Å². The molecule has 0 radical (unpaired) electrons. The van der Waals surface area contributed by atoms with Gasteiger partial charge in [-0.3, -0.25) is 9.59 Å². The first-order chi connectivity index (χ1) is 18.3. The summed E-state index contributed by atoms with van der Waals surface area (Å²) in [5.74, 6) is -1.21. The quantitative estimate of drug-likeness (QED) is 0.342. The topological polar surface area (TPSA) is 86.8 Å². The first-order valence-corrected chi connectivity index (χ1v) is 14.6. The van der Waals surface area contributed by atoms with Crippen molar-refractivity contribution in [3.63, 3.8) is 0 Å². The summed E-state index contributed by atoms with van der Waals surface area (Å²) in [6, 6.07) is 27.1. The average molecular weight is 593 g/mol. The Morgan fingerprint density at radius 1 is 0.789 bits per heavy atom. The van der Waals surface area contributed by atoms with Crippen LogP contribution in [0.5, 0.6) is 0 Å². The van der Waals surface area contributed by atoms with E-state index in [1.807, 2.05) is 65.6 Å². The van der Waals surface area contributed by atoms with Gasteiger partial charge in [0.25, 0.3) is 5.91 Å². The number of rotatable bonds is 6. The second-order valence-electron chi connectivity index (χ2n) is 9.15. The number of hydrogen-bond donors (Lipinski definition) is 1. The molecule has 9 heteroatoms. The number of sulfone groups is 1. The van der Waals surface area contributed by atoms with Crippen LogP contribution in [0, 0.1) is 0 Å². The molecule has 1 heterocycles. The molecular formula is C29H26BrN3O4S. The van der Waals surface area contributed by atoms with Gasteiger partial charge in [0.15, 0.2) is 9.84 Å². The van der Waals surface area contributed by atoms with Crippen LogP contribution in [0.2, 0.25) is 0 Å². The van der Waals surface area contributed by atoms with Gasteiger partial charge < -0.3 is 15.1 Å². The molecule has 0 atom stereocenters. The van der Waals surface area contributed by atoms with Crippen molar-refractivity contribution >= 4 is 59.7 Å². The molecular weight excluding hydrogens is 566 g/mol. The zero-order valence-electron chi connectivity index (χ0n) is 20.5. The van der Waals surface area contributed by atoms with Crippen molar-refractivity contribution in [2.75, 3.05) is 42.1 Å². The Kier molecular flexibility index (Phi) is 7.49. The van der Waals surface area contributed by atoms with E-state index in [2.05, 4.69) is 26.1 Å². The predicted octanol–water partition coefficient (Wildman–Crippen LogP) is 4.98. The molecule has 194 valence electrons. The molecule has 4 aromatic rings. The summed E-state index contributed by atoms with van der Waals surface area (Å²) >= 11 is 3.41. The van der Waals surface area contributed by atoms with Gasteiger partial charge in [-0.25, -0.2) is 8.42 Å². The van der Waals surface area contributed by atoms with E-state index in [0.717, 1.165) is 20.9 Å². The Morgan fingerprint density at radius 3 is 2.21 bits per heavy atom. The third-order valence-corrected chi connectivity index (χ3v) is 8.66. The number of piperazine rings is 1. The third kappa shape index (κ3) is 5.89. The monoisotopic (exact) mass is 591 g/mol. The van der Waals surface area contributed by atoms with Crippen LogP contribution in [0.1, 0.15) is 10.4 Å². The van der Waals surface area contributed by atoms with E-state index in [1.165, 1.54) is 6.07 Å². The minimum Gasteiger partial charge on any atom is -0.368 e. The van der Waals surface area contributed by atoms with E-state index < -0.39 is 21.5 Å². The smallest absolute Gasteiger partial charge is 0.254 e. The highest BCUT2D eigenvalue weighted by atomic mass is 79.9. The van der Waals surface area contributed by atoms with Crippen LogP contribution in [-0.2, 0) is 14.6 Å². The number of halogens is 1. The highest BCUT2D eigenvalue weighted by Gasteiger charge is 2.23. The largest absolute Gasteiger partial charge is 0.368 e. The lowest BCUT2D eigenvalue weighted by atomic mass is 10.1. The van der Waals surface area contributed by atoms with E-state index in [-0.39, 0.29) is 10.8 Å². The van der Waals surface area contributed by atoms with Crippen molar-refractivity contribution in [1.29, 1.82) is 0 Å². The van der Waals surface area contributed by atoms with Crippen LogP contribution < -0.4 is 10.2 Å². The van der Waals surface area contributed by atoms with Crippen molar-refractivity contribution in [3.8, 4) is 0 Å². The molecule has 1 saturated heterocycles. The lowest BCUT2D eigenvalue weighted by Crippen LogP contribution is -2.48. The zero-order valence-corrected chi connectivity index (χ0v) is 22.9. The van der Waals surface area contributed by atoms with Crippen molar-refractivity contribution in [2.45, 2.75) is 4.90 Å². The second-order valence-corrected chi connectivity index (χ2v) is 12.1. The van der Waals surface area contributed by atoms with Crippen LogP contribution in [-0.4, -0.2) is 57.1 Å². The fourth-order valence-corrected chi connectivity index (χ4v) is 6.11. The van der Waals surface area contributed by atoms with E-state index in [4.69, 9.17) is 0 Å². The number of benzene rings is 4. The van der Waals surface area contributed by atoms with Crippen molar-refractivity contribution in [3.05, 3.63) is 101 Å². The maximum Gasteiger partial charge on any atom is 0.254 e. The van der Waals surface area contributed by atoms with E-state index >= 15 is 0 Å². The fourth-order valence-electron chi connectivity index (χ4n) is 4.54. The molecule has 0 aliphatic carbocycles. The van der Waals surface area contributed by atoms with Crippen molar-refractivity contribution < 1.29 is 18.0 Å². The summed E-state index contributed by atoms with van der Waals surface area (Å²) in [6.45, 7) is 2.60. The van der Waals surface area contributed by atoms with E-state index in [1.54, 1.807) is 24.3 Å². The molecule has 2 amide bonds. The Bertz CT molecular complexity index is 1600. The van der Waals surface area contributed by atoms with Crippen molar-refractivity contribution in [1.82, 2.24) is 4.90 Å². The van der Waals surface area contributed by atoms with Gasteiger partial charge in [0, 0.05) is 47.6 Å². The zero-order chi connectivity index (χ0) is 26.7. The Hall–Kier alpha value is -3.69. The summed E-state index contributed by atoms with van der Waals surface area (Å²) in [7, 11) is -3.79. The second kappa shape index (κ2) is 11.0. The molecule has 0 unspecified atom stereocenters. The number of fused-ring (bicyclic) bond motifs is 1. The molecule has 1 aliphatic rings. The maximum atomic E-state index is 12.8. The molecule has 1 aliphatic heterocycles. The number of nitrogens with zero attached hydrogens (tertiary/aromatic N) is 2. The normalized spacial score (nSPS) is 13.9. The molecule has 1 fully saturated rings. The standard InChI is InChI=1S/C29H26BrN3O4S/c30-24-7-3-6-23(18-24)29(35)33-16-14-32(15-17-33)26-11-9-25(10-12-26)31-28(34)20-38(36,37)27-13-8-21-4-1-2-5-22(21)19-27/h1-13,18-19H,14-17,20H2,(H,31,34). The summed E-state index contributed by atoms with van der Waals surface area (Å²) in [6.07, 6.45) is 0. The van der Waals surface area contributed by atoms with Gasteiger partial charge in [0.1, 0.15) is 5.75 Å². The molecule has 7 nitrogen and oxygen atoms in total. The number of nitrogens with one attached hydrogen (secondary N) is 1. The van der Waals surface area contributed by atoms with Gasteiger partial charge in [0.05, 0.1) is 4.90 Å². The molecule has 4 aromatic carbocycles. The molecule has 0 bridgehead atoms. The average Bonchev–Trinajstić information content (AvgIpc) is 2.92. The third-order valence-electron chi connectivity index (χ3n) is 6.56. The molecule has 38 heavy (non-hydrogen) atoms. The Balaban J connectivity index is 1.16. The minimum absolute atomic E-state index is 0.0163. The summed E-state index contributed by atoms with van der Waals surface area (Å²) < 4.78 is 26.5. The number of carbonyl (C=O) groups is 2. The fraction of sp³-hybridized carbons (Fsp3) is 0.172. The molecule has 0 spiro atoms. The first-order valence-electron chi connectivity index (χ1n) is 12.2. The van der Waals surface area contributed by atoms with Gasteiger partial charge in [-0.15, -0.1) is 0 Å². The summed E-state index contributed by atoms with van der Waals surface area (Å²) in [4.78, 5) is 29.5. The minimum atomic E-state index is -3.79. The van der Waals surface area contributed by atoms with Crippen LogP contribution in [0.25, 0.3) is 10.8 Å². The SMILES string of the molecule is O=C(CS(=O)(=O)c1ccc2ccccc2c1)Nc1ccc(N2CCN(C(=O)c3cccc(Br)c3)CC2)cc1. The lowest BCUT2D eigenvalue weighted by Gasteiger charge is -2.36. The predicted molar refractivity (Wildman–Crippen MR) is 153 cm³/mol. The van der Waals surface area contributed by atoms with Gasteiger partial charge in [-0.2, -0.15) is 0 Å². The molecule has 5 rings (SSSR count). The highest BCUT2D eigenvalue weighted by molar-refractivity contribution is 9.10. The van der Waals surface area contributed by atoms with E-state index in [0.29, 0.717) is 37.4 Å². The molecule has 0 saturated carbocycles. The summed E-state index contributed by atoms with van der Waals surface area (Å²) in [5.41, 5.74) is 2.16. The van der Waals surface area contributed by atoms with Gasteiger partial charge in [-0.1, -0.05) is 52.3 Å². The number of hydrogen-bond acceptors (Lipinski definition) is 5. The van der Waals surface area contributed by atoms with Gasteiger partial charge in [0.2, 0.25) is 5.91 Å². The van der Waals surface area contributed by atoms with Gasteiger partial charge >= 0.3 is 0 Å². The Morgan fingerprint density at radius 2 is 1.50 bits per heavy atom. The number of carbonyl (C=O) groups excluding carboxylic acids is 2.